The minimum absolute atomic E-state index is 0.0973. The van der Waals surface area contributed by atoms with E-state index in [9.17, 15) is 5.11 Å². The third-order valence-electron chi connectivity index (χ3n) is 2.88. The van der Waals surface area contributed by atoms with Crippen LogP contribution in [0.15, 0.2) is 0 Å². The van der Waals surface area contributed by atoms with E-state index in [1.54, 1.807) is 0 Å². The summed E-state index contributed by atoms with van der Waals surface area (Å²) in [5.41, 5.74) is 0. The number of aliphatic hydroxyl groups is 1. The fourth-order valence-corrected chi connectivity index (χ4v) is 1.91. The van der Waals surface area contributed by atoms with Crippen molar-refractivity contribution in [1.29, 1.82) is 0 Å². The molecule has 0 bridgehead atoms. The lowest BCUT2D eigenvalue weighted by Gasteiger charge is -2.16. The Hall–Kier alpha value is -0.120. The van der Waals surface area contributed by atoms with Crippen LogP contribution in [0.2, 0.25) is 0 Å². The van der Waals surface area contributed by atoms with Gasteiger partial charge in [-0.2, -0.15) is 0 Å². The van der Waals surface area contributed by atoms with Gasteiger partial charge in [-0.3, -0.25) is 0 Å². The first-order valence-corrected chi connectivity index (χ1v) is 5.18. The van der Waals surface area contributed by atoms with Crippen molar-refractivity contribution in [2.45, 2.75) is 19.4 Å². The van der Waals surface area contributed by atoms with E-state index in [0.717, 1.165) is 32.6 Å². The van der Waals surface area contributed by atoms with Crippen LogP contribution in [-0.4, -0.2) is 61.3 Å². The van der Waals surface area contributed by atoms with Crippen LogP contribution in [-0.2, 0) is 0 Å². The minimum Gasteiger partial charge on any atom is -0.391 e. The van der Waals surface area contributed by atoms with Gasteiger partial charge in [-0.1, -0.05) is 6.92 Å². The molecule has 1 aliphatic heterocycles. The quantitative estimate of drug-likeness (QED) is 0.682. The van der Waals surface area contributed by atoms with Crippen LogP contribution in [0.25, 0.3) is 0 Å². The molecule has 2 atom stereocenters. The van der Waals surface area contributed by atoms with E-state index in [0.29, 0.717) is 5.92 Å². The molecule has 1 rings (SSSR count). The van der Waals surface area contributed by atoms with E-state index >= 15 is 0 Å². The summed E-state index contributed by atoms with van der Waals surface area (Å²) in [6.07, 6.45) is 1.02. The molecule has 1 N–H and O–H groups in total. The molecule has 0 aromatic carbocycles. The van der Waals surface area contributed by atoms with Crippen molar-refractivity contribution >= 4 is 0 Å². The molecule has 3 heteroatoms. The van der Waals surface area contributed by atoms with Gasteiger partial charge in [-0.15, -0.1) is 0 Å². The summed E-state index contributed by atoms with van der Waals surface area (Å²) < 4.78 is 0. The standard InChI is InChI=1S/C10H22N2O/c1-4-12-7-9(10(13)8-12)5-6-11(2)3/h9-10,13H,4-8H2,1-3H3. The van der Waals surface area contributed by atoms with E-state index in [1.165, 1.54) is 0 Å². The zero-order valence-corrected chi connectivity index (χ0v) is 9.03. The Morgan fingerprint density at radius 1 is 1.38 bits per heavy atom. The Bertz CT molecular complexity index is 150. The van der Waals surface area contributed by atoms with Crippen LogP contribution in [0.5, 0.6) is 0 Å². The average molecular weight is 186 g/mol. The molecule has 0 radical (unpaired) electrons. The fraction of sp³-hybridized carbons (Fsp3) is 1.00. The molecule has 1 fully saturated rings. The van der Waals surface area contributed by atoms with Crippen LogP contribution in [0, 0.1) is 5.92 Å². The second kappa shape index (κ2) is 4.94. The van der Waals surface area contributed by atoms with Crippen molar-refractivity contribution in [2.24, 2.45) is 5.92 Å². The van der Waals surface area contributed by atoms with Crippen LogP contribution < -0.4 is 0 Å². The molecule has 1 aliphatic rings. The summed E-state index contributed by atoms with van der Waals surface area (Å²) in [7, 11) is 4.16. The monoisotopic (exact) mass is 186 g/mol. The lowest BCUT2D eigenvalue weighted by molar-refractivity contribution is 0.133. The van der Waals surface area contributed by atoms with Gasteiger partial charge in [0.1, 0.15) is 0 Å². The van der Waals surface area contributed by atoms with Gasteiger partial charge in [0.05, 0.1) is 6.10 Å². The second-order valence-corrected chi connectivity index (χ2v) is 4.27. The van der Waals surface area contributed by atoms with E-state index in [4.69, 9.17) is 0 Å². The summed E-state index contributed by atoms with van der Waals surface area (Å²) in [5, 5.41) is 9.74. The van der Waals surface area contributed by atoms with Crippen LogP contribution >= 0.6 is 0 Å². The number of likely N-dealkylation sites (N-methyl/N-ethyl adjacent to an activating group) is 1. The predicted molar refractivity (Wildman–Crippen MR) is 54.8 cm³/mol. The highest BCUT2D eigenvalue weighted by Crippen LogP contribution is 2.19. The summed E-state index contributed by atoms with van der Waals surface area (Å²) >= 11 is 0. The fourth-order valence-electron chi connectivity index (χ4n) is 1.91. The van der Waals surface area contributed by atoms with Gasteiger partial charge >= 0.3 is 0 Å². The molecule has 13 heavy (non-hydrogen) atoms. The van der Waals surface area contributed by atoms with E-state index < -0.39 is 0 Å². The Morgan fingerprint density at radius 2 is 2.08 bits per heavy atom. The molecule has 78 valence electrons. The Kier molecular flexibility index (Phi) is 4.16. The Morgan fingerprint density at radius 3 is 2.54 bits per heavy atom. The maximum absolute atomic E-state index is 9.74. The molecular formula is C10H22N2O. The van der Waals surface area contributed by atoms with Crippen LogP contribution in [0.4, 0.5) is 0 Å². The van der Waals surface area contributed by atoms with Crippen molar-refractivity contribution in [2.75, 3.05) is 40.3 Å². The van der Waals surface area contributed by atoms with Gasteiger partial charge < -0.3 is 14.9 Å². The van der Waals surface area contributed by atoms with Gasteiger partial charge in [0, 0.05) is 19.0 Å². The van der Waals surface area contributed by atoms with Crippen LogP contribution in [0.1, 0.15) is 13.3 Å². The molecule has 2 unspecified atom stereocenters. The van der Waals surface area contributed by atoms with Crippen molar-refractivity contribution in [1.82, 2.24) is 9.80 Å². The zero-order chi connectivity index (χ0) is 9.84. The molecule has 0 spiro atoms. The molecule has 0 amide bonds. The number of β-amino-alcohol motifs (C(OH)–C–C–N with tert-alkyl or cyclic N) is 1. The smallest absolute Gasteiger partial charge is 0.0707 e. The molecule has 1 saturated heterocycles. The molecule has 0 saturated carbocycles. The Labute approximate surface area is 81.3 Å². The number of likely N-dealkylation sites (tertiary alicyclic amines) is 1. The maximum atomic E-state index is 9.74. The molecule has 0 aromatic heterocycles. The normalized spacial score (nSPS) is 30.2. The van der Waals surface area contributed by atoms with E-state index in [-0.39, 0.29) is 6.10 Å². The third kappa shape index (κ3) is 3.25. The van der Waals surface area contributed by atoms with Crippen molar-refractivity contribution in [3.8, 4) is 0 Å². The summed E-state index contributed by atoms with van der Waals surface area (Å²) in [6.45, 7) is 6.25. The van der Waals surface area contributed by atoms with Crippen molar-refractivity contribution in [3.63, 3.8) is 0 Å². The summed E-state index contributed by atoms with van der Waals surface area (Å²) in [6, 6.07) is 0. The molecule has 3 nitrogen and oxygen atoms in total. The summed E-state index contributed by atoms with van der Waals surface area (Å²) in [5.74, 6) is 0.488. The second-order valence-electron chi connectivity index (χ2n) is 4.27. The molecule has 0 aliphatic carbocycles. The van der Waals surface area contributed by atoms with Gasteiger partial charge in [-0.05, 0) is 33.6 Å². The van der Waals surface area contributed by atoms with Gasteiger partial charge in [-0.25, -0.2) is 0 Å². The minimum atomic E-state index is -0.0973. The van der Waals surface area contributed by atoms with Gasteiger partial charge in [0.25, 0.3) is 0 Å². The highest BCUT2D eigenvalue weighted by molar-refractivity contribution is 4.83. The van der Waals surface area contributed by atoms with Crippen molar-refractivity contribution in [3.05, 3.63) is 0 Å². The predicted octanol–water partition coefficient (Wildman–Crippen LogP) is 0.251. The van der Waals surface area contributed by atoms with Gasteiger partial charge in [0.2, 0.25) is 0 Å². The number of hydrogen-bond donors (Lipinski definition) is 1. The highest BCUT2D eigenvalue weighted by Gasteiger charge is 2.29. The highest BCUT2D eigenvalue weighted by atomic mass is 16.3. The first kappa shape index (κ1) is 11.0. The molecule has 1 heterocycles. The largest absolute Gasteiger partial charge is 0.391 e. The zero-order valence-electron chi connectivity index (χ0n) is 9.03. The summed E-state index contributed by atoms with van der Waals surface area (Å²) in [4.78, 5) is 4.51. The van der Waals surface area contributed by atoms with Crippen LogP contribution in [0.3, 0.4) is 0 Å². The topological polar surface area (TPSA) is 26.7 Å². The SMILES string of the molecule is CCN1CC(O)C(CCN(C)C)C1. The number of rotatable bonds is 4. The van der Waals surface area contributed by atoms with E-state index in [2.05, 4.69) is 30.8 Å². The lowest BCUT2D eigenvalue weighted by atomic mass is 10.0. The van der Waals surface area contributed by atoms with Gasteiger partial charge in [0.15, 0.2) is 0 Å². The first-order valence-electron chi connectivity index (χ1n) is 5.18. The third-order valence-corrected chi connectivity index (χ3v) is 2.88. The average Bonchev–Trinajstić information content (AvgIpc) is 2.43. The molecular weight excluding hydrogens is 164 g/mol. The van der Waals surface area contributed by atoms with E-state index in [1.807, 2.05) is 0 Å². The van der Waals surface area contributed by atoms with Crippen molar-refractivity contribution < 1.29 is 5.11 Å². The maximum Gasteiger partial charge on any atom is 0.0707 e. The lowest BCUT2D eigenvalue weighted by Crippen LogP contribution is -2.23. The number of nitrogens with zero attached hydrogens (tertiary/aromatic N) is 2. The molecule has 0 aromatic rings. The first-order chi connectivity index (χ1) is 6.13. The Balaban J connectivity index is 2.26. The number of hydrogen-bond acceptors (Lipinski definition) is 3. The number of aliphatic hydroxyl groups excluding tert-OH is 1.